The number of hydrogen-bond donors (Lipinski definition) is 1. The van der Waals surface area contributed by atoms with E-state index in [2.05, 4.69) is 50.8 Å². The zero-order valence-electron chi connectivity index (χ0n) is 14.4. The number of fused-ring (bicyclic) bond motifs is 1. The van der Waals surface area contributed by atoms with Crippen LogP contribution in [0.1, 0.15) is 44.1 Å². The highest BCUT2D eigenvalue weighted by molar-refractivity contribution is 9.10. The molecule has 1 aromatic rings. The minimum absolute atomic E-state index is 0.0705. The Kier molecular flexibility index (Phi) is 6.62. The van der Waals surface area contributed by atoms with Crippen LogP contribution < -0.4 is 5.43 Å². The molecular weight excluding hydrogens is 376 g/mol. The third kappa shape index (κ3) is 5.15. The van der Waals surface area contributed by atoms with Gasteiger partial charge in [0.25, 0.3) is 0 Å². The van der Waals surface area contributed by atoms with Crippen molar-refractivity contribution < 1.29 is 4.79 Å². The molecule has 1 fully saturated rings. The molecule has 2 aliphatic carbocycles. The minimum Gasteiger partial charge on any atom is -0.273 e. The van der Waals surface area contributed by atoms with E-state index in [1.807, 2.05) is 24.3 Å². The Morgan fingerprint density at radius 2 is 1.60 bits per heavy atom. The van der Waals surface area contributed by atoms with E-state index in [4.69, 9.17) is 0 Å². The molecule has 0 aromatic heterocycles. The van der Waals surface area contributed by atoms with Gasteiger partial charge in [-0.2, -0.15) is 5.10 Å². The first-order chi connectivity index (χ1) is 12.3. The average Bonchev–Trinajstić information content (AvgIpc) is 3.29. The monoisotopic (exact) mass is 400 g/mol. The van der Waals surface area contributed by atoms with Crippen LogP contribution in [0.2, 0.25) is 0 Å². The Bertz CT molecular complexity index is 656. The van der Waals surface area contributed by atoms with Gasteiger partial charge in [-0.05, 0) is 56.4 Å². The molecule has 3 nitrogen and oxygen atoms in total. The van der Waals surface area contributed by atoms with Gasteiger partial charge in [0, 0.05) is 16.0 Å². The molecule has 3 atom stereocenters. The highest BCUT2D eigenvalue weighted by Crippen LogP contribution is 2.52. The number of rotatable bonds is 3. The van der Waals surface area contributed by atoms with E-state index in [-0.39, 0.29) is 11.8 Å². The number of carbonyl (C=O) groups is 1. The number of carbonyl (C=O) groups excluding carboxylic acids is 1. The fraction of sp³-hybridized carbons (Fsp3) is 0.429. The van der Waals surface area contributed by atoms with Crippen LogP contribution in [-0.4, -0.2) is 12.1 Å². The molecule has 1 N–H and O–H groups in total. The van der Waals surface area contributed by atoms with Crippen molar-refractivity contribution in [3.05, 3.63) is 58.6 Å². The first-order valence-corrected chi connectivity index (χ1v) is 9.94. The van der Waals surface area contributed by atoms with E-state index in [1.54, 1.807) is 6.21 Å². The number of nitrogens with zero attached hydrogens (tertiary/aromatic N) is 1. The predicted molar refractivity (Wildman–Crippen MR) is 106 cm³/mol. The molecule has 0 aliphatic heterocycles. The van der Waals surface area contributed by atoms with Gasteiger partial charge in [-0.25, -0.2) is 5.43 Å². The van der Waals surface area contributed by atoms with Gasteiger partial charge in [-0.15, -0.1) is 0 Å². The second-order valence-corrected chi connectivity index (χ2v) is 7.64. The van der Waals surface area contributed by atoms with Crippen LogP contribution in [0.25, 0.3) is 0 Å². The Morgan fingerprint density at radius 1 is 1.00 bits per heavy atom. The third-order valence-electron chi connectivity index (χ3n) is 5.08. The number of hydrogen-bond acceptors (Lipinski definition) is 2. The van der Waals surface area contributed by atoms with Gasteiger partial charge in [0.2, 0.25) is 5.91 Å². The molecule has 0 heterocycles. The number of nitrogens with one attached hydrogen (secondary N) is 1. The first kappa shape index (κ1) is 18.1. The van der Waals surface area contributed by atoms with Crippen LogP contribution >= 0.6 is 15.9 Å². The summed E-state index contributed by atoms with van der Waals surface area (Å²) in [6, 6.07) is 7.83. The zero-order valence-corrected chi connectivity index (χ0v) is 16.0. The summed E-state index contributed by atoms with van der Waals surface area (Å²) in [5, 5.41) is 4.15. The van der Waals surface area contributed by atoms with Crippen molar-refractivity contribution >= 4 is 28.1 Å². The molecule has 0 radical (unpaired) electrons. The van der Waals surface area contributed by atoms with Gasteiger partial charge < -0.3 is 0 Å². The van der Waals surface area contributed by atoms with Crippen molar-refractivity contribution in [3.63, 3.8) is 0 Å². The summed E-state index contributed by atoms with van der Waals surface area (Å²) >= 11 is 3.48. The van der Waals surface area contributed by atoms with E-state index in [1.165, 1.54) is 0 Å². The van der Waals surface area contributed by atoms with Gasteiger partial charge in [0.05, 0.1) is 6.21 Å². The molecule has 25 heavy (non-hydrogen) atoms. The molecule has 3 rings (SSSR count). The zero-order chi connectivity index (χ0) is 17.5. The molecule has 1 aromatic carbocycles. The lowest BCUT2D eigenvalue weighted by Crippen LogP contribution is -2.21. The van der Waals surface area contributed by atoms with Crippen molar-refractivity contribution in [3.8, 4) is 0 Å². The largest absolute Gasteiger partial charge is 0.273 e. The normalized spacial score (nSPS) is 29.1. The number of amides is 1. The molecule has 1 amide bonds. The quantitative estimate of drug-likeness (QED) is 0.421. The highest BCUT2D eigenvalue weighted by atomic mass is 79.9. The van der Waals surface area contributed by atoms with Gasteiger partial charge in [-0.1, -0.05) is 58.4 Å². The summed E-state index contributed by atoms with van der Waals surface area (Å²) in [5.41, 5.74) is 3.71. The second kappa shape index (κ2) is 9.14. The fourth-order valence-corrected chi connectivity index (χ4v) is 4.07. The molecule has 4 heteroatoms. The molecule has 0 saturated heterocycles. The Morgan fingerprint density at radius 3 is 2.24 bits per heavy atom. The van der Waals surface area contributed by atoms with Crippen molar-refractivity contribution in [2.24, 2.45) is 22.9 Å². The topological polar surface area (TPSA) is 41.5 Å². The molecule has 132 valence electrons. The lowest BCUT2D eigenvalue weighted by atomic mass is 10.1. The lowest BCUT2D eigenvalue weighted by molar-refractivity contribution is -0.122. The minimum atomic E-state index is 0.0705. The van der Waals surface area contributed by atoms with Crippen LogP contribution in [-0.2, 0) is 4.79 Å². The molecular formula is C21H25BrN2O. The first-order valence-electron chi connectivity index (χ1n) is 9.15. The maximum atomic E-state index is 12.5. The maximum Gasteiger partial charge on any atom is 0.243 e. The SMILES string of the molecule is O=C(N/N=C\c1ccccc1Br)C1[C@H]2CC/C=C/CC/C=C\CC[C@@H]12. The molecule has 1 unspecified atom stereocenters. The summed E-state index contributed by atoms with van der Waals surface area (Å²) in [5.74, 6) is 1.22. The van der Waals surface area contributed by atoms with Crippen LogP contribution in [0, 0.1) is 17.8 Å². The summed E-state index contributed by atoms with van der Waals surface area (Å²) < 4.78 is 0.972. The summed E-state index contributed by atoms with van der Waals surface area (Å²) in [6.45, 7) is 0. The molecule has 1 saturated carbocycles. The Hall–Kier alpha value is -1.68. The standard InChI is InChI=1S/C21H25BrN2O/c22-19-14-10-9-11-16(19)15-23-24-21(25)20-17-12-7-5-3-1-2-4-6-8-13-18(17)20/h3-6,9-11,14-15,17-18,20H,1-2,7-8,12-13H2,(H,24,25)/b5-3-,6-4+,23-15-/t17-,18+,20?/m1/s1. The second-order valence-electron chi connectivity index (χ2n) is 6.78. The van der Waals surface area contributed by atoms with Crippen molar-refractivity contribution in [1.82, 2.24) is 5.43 Å². The lowest BCUT2D eigenvalue weighted by Gasteiger charge is -2.00. The molecule has 0 bridgehead atoms. The number of hydrazone groups is 1. The van der Waals surface area contributed by atoms with Gasteiger partial charge >= 0.3 is 0 Å². The average molecular weight is 401 g/mol. The molecule has 0 spiro atoms. The Labute approximate surface area is 158 Å². The van der Waals surface area contributed by atoms with Gasteiger partial charge in [0.15, 0.2) is 0 Å². The smallest absolute Gasteiger partial charge is 0.243 e. The fourth-order valence-electron chi connectivity index (χ4n) is 3.68. The summed E-state index contributed by atoms with van der Waals surface area (Å²) in [7, 11) is 0. The maximum absolute atomic E-state index is 12.5. The summed E-state index contributed by atoms with van der Waals surface area (Å²) in [6.07, 6.45) is 17.4. The molecule has 2 aliphatic rings. The number of benzene rings is 1. The van der Waals surface area contributed by atoms with E-state index in [9.17, 15) is 4.79 Å². The van der Waals surface area contributed by atoms with Crippen LogP contribution in [0.3, 0.4) is 0 Å². The van der Waals surface area contributed by atoms with Crippen molar-refractivity contribution in [2.75, 3.05) is 0 Å². The highest BCUT2D eigenvalue weighted by Gasteiger charge is 2.52. The van der Waals surface area contributed by atoms with E-state index >= 15 is 0 Å². The third-order valence-corrected chi connectivity index (χ3v) is 5.81. The van der Waals surface area contributed by atoms with Crippen LogP contribution in [0.4, 0.5) is 0 Å². The summed E-state index contributed by atoms with van der Waals surface area (Å²) in [4.78, 5) is 12.5. The van der Waals surface area contributed by atoms with E-state index in [0.29, 0.717) is 11.8 Å². The number of halogens is 1. The van der Waals surface area contributed by atoms with Crippen LogP contribution in [0.15, 0.2) is 58.1 Å². The van der Waals surface area contributed by atoms with E-state index in [0.717, 1.165) is 48.6 Å². The van der Waals surface area contributed by atoms with Gasteiger partial charge in [-0.3, -0.25) is 4.79 Å². The number of allylic oxidation sites excluding steroid dienone is 4. The van der Waals surface area contributed by atoms with E-state index < -0.39 is 0 Å². The van der Waals surface area contributed by atoms with Crippen molar-refractivity contribution in [1.29, 1.82) is 0 Å². The van der Waals surface area contributed by atoms with Crippen molar-refractivity contribution in [2.45, 2.75) is 38.5 Å². The van der Waals surface area contributed by atoms with Crippen LogP contribution in [0.5, 0.6) is 0 Å². The Balaban J connectivity index is 1.55. The predicted octanol–water partition coefficient (Wildman–Crippen LogP) is 5.23. The van der Waals surface area contributed by atoms with Gasteiger partial charge in [0.1, 0.15) is 0 Å².